The average molecular weight is 432 g/mol. The highest BCUT2D eigenvalue weighted by molar-refractivity contribution is 7.81. The molecule has 0 spiro atoms. The summed E-state index contributed by atoms with van der Waals surface area (Å²) in [5.41, 5.74) is 1.67. The second-order valence-electron chi connectivity index (χ2n) is 5.95. The standard InChI is InChI=1S/C21H18ClNO5S/c1-27-21(24)19-12-7-16(22)13-20(19)23(29(25)26)17-8-10-18(11-9-17)28-14-15-5-3-2-4-6-15/h2-13H,14H2,1H3,(H,25,26). The number of hydrogen-bond donors (Lipinski definition) is 1. The zero-order chi connectivity index (χ0) is 20.8. The number of rotatable bonds is 7. The van der Waals surface area contributed by atoms with Gasteiger partial charge >= 0.3 is 5.97 Å². The van der Waals surface area contributed by atoms with Gasteiger partial charge in [-0.25, -0.2) is 13.3 Å². The lowest BCUT2D eigenvalue weighted by atomic mass is 10.1. The van der Waals surface area contributed by atoms with E-state index in [-0.39, 0.29) is 11.3 Å². The molecule has 3 rings (SSSR count). The Morgan fingerprint density at radius 1 is 1.07 bits per heavy atom. The van der Waals surface area contributed by atoms with Crippen LogP contribution in [0.5, 0.6) is 5.75 Å². The van der Waals surface area contributed by atoms with Crippen LogP contribution in [0.4, 0.5) is 11.4 Å². The van der Waals surface area contributed by atoms with Crippen molar-refractivity contribution in [3.8, 4) is 5.75 Å². The lowest BCUT2D eigenvalue weighted by Gasteiger charge is -2.22. The van der Waals surface area contributed by atoms with E-state index in [1.54, 1.807) is 24.3 Å². The Labute approximate surface area is 176 Å². The SMILES string of the molecule is COC(=O)c1ccc(Cl)cc1N(c1ccc(OCc2ccccc2)cc1)S(=O)O. The van der Waals surface area contributed by atoms with Gasteiger partial charge in [-0.1, -0.05) is 41.9 Å². The number of halogens is 1. The lowest BCUT2D eigenvalue weighted by molar-refractivity contribution is 0.0602. The molecule has 0 amide bonds. The third-order valence-electron chi connectivity index (χ3n) is 4.06. The summed E-state index contributed by atoms with van der Waals surface area (Å²) in [4.78, 5) is 12.1. The number of carbonyl (C=O) groups is 1. The second-order valence-corrected chi connectivity index (χ2v) is 7.21. The van der Waals surface area contributed by atoms with Gasteiger partial charge in [-0.2, -0.15) is 0 Å². The molecular weight excluding hydrogens is 414 g/mol. The van der Waals surface area contributed by atoms with Crippen LogP contribution in [0.15, 0.2) is 72.8 Å². The zero-order valence-corrected chi connectivity index (χ0v) is 17.0. The maximum Gasteiger partial charge on any atom is 0.340 e. The predicted octanol–water partition coefficient (Wildman–Crippen LogP) is 4.98. The Morgan fingerprint density at radius 2 is 1.76 bits per heavy atom. The first kappa shape index (κ1) is 20.9. The molecule has 1 N–H and O–H groups in total. The lowest BCUT2D eigenvalue weighted by Crippen LogP contribution is -2.22. The Balaban J connectivity index is 1.88. The van der Waals surface area contributed by atoms with Crippen LogP contribution in [0.25, 0.3) is 0 Å². The van der Waals surface area contributed by atoms with Crippen molar-refractivity contribution in [2.24, 2.45) is 0 Å². The molecule has 0 fully saturated rings. The van der Waals surface area contributed by atoms with E-state index in [0.717, 1.165) is 9.87 Å². The van der Waals surface area contributed by atoms with Gasteiger partial charge in [0.05, 0.1) is 24.0 Å². The summed E-state index contributed by atoms with van der Waals surface area (Å²) < 4.78 is 33.6. The molecule has 3 aromatic rings. The summed E-state index contributed by atoms with van der Waals surface area (Å²) >= 11 is 3.59. The summed E-state index contributed by atoms with van der Waals surface area (Å²) in [5, 5.41) is 0.311. The molecule has 1 atom stereocenters. The summed E-state index contributed by atoms with van der Waals surface area (Å²) in [7, 11) is 1.24. The van der Waals surface area contributed by atoms with E-state index < -0.39 is 17.2 Å². The smallest absolute Gasteiger partial charge is 0.340 e. The fourth-order valence-corrected chi connectivity index (χ4v) is 3.48. The number of methoxy groups -OCH3 is 1. The number of nitrogens with zero attached hydrogens (tertiary/aromatic N) is 1. The largest absolute Gasteiger partial charge is 0.489 e. The normalized spacial score (nSPS) is 11.6. The van der Waals surface area contributed by atoms with Gasteiger partial charge in [0.1, 0.15) is 12.4 Å². The molecule has 6 nitrogen and oxygen atoms in total. The highest BCUT2D eigenvalue weighted by Crippen LogP contribution is 2.33. The van der Waals surface area contributed by atoms with Crippen molar-refractivity contribution in [1.82, 2.24) is 0 Å². The molecule has 150 valence electrons. The van der Waals surface area contributed by atoms with Gasteiger partial charge in [0.15, 0.2) is 0 Å². The maximum atomic E-state index is 12.1. The van der Waals surface area contributed by atoms with Crippen molar-refractivity contribution < 1.29 is 23.0 Å². The Morgan fingerprint density at radius 3 is 2.38 bits per heavy atom. The van der Waals surface area contributed by atoms with Gasteiger partial charge in [0.2, 0.25) is 0 Å². The van der Waals surface area contributed by atoms with Gasteiger partial charge in [0, 0.05) is 5.02 Å². The first-order valence-electron chi connectivity index (χ1n) is 8.55. The van der Waals surface area contributed by atoms with Crippen molar-refractivity contribution in [3.05, 3.63) is 88.9 Å². The summed E-state index contributed by atoms with van der Waals surface area (Å²) in [6.07, 6.45) is 0. The minimum atomic E-state index is -2.46. The molecule has 0 heterocycles. The molecule has 1 unspecified atom stereocenters. The van der Waals surface area contributed by atoms with E-state index in [9.17, 15) is 13.6 Å². The van der Waals surface area contributed by atoms with Gasteiger partial charge in [-0.05, 0) is 48.0 Å². The van der Waals surface area contributed by atoms with E-state index in [1.165, 1.54) is 25.3 Å². The van der Waals surface area contributed by atoms with Crippen LogP contribution in [0.2, 0.25) is 5.02 Å². The first-order chi connectivity index (χ1) is 14.0. The number of esters is 1. The monoisotopic (exact) mass is 431 g/mol. The number of benzene rings is 3. The summed E-state index contributed by atoms with van der Waals surface area (Å²) in [6, 6.07) is 20.7. The van der Waals surface area contributed by atoms with E-state index in [4.69, 9.17) is 21.1 Å². The fraction of sp³-hybridized carbons (Fsp3) is 0.0952. The zero-order valence-electron chi connectivity index (χ0n) is 15.4. The molecule has 0 aromatic heterocycles. The van der Waals surface area contributed by atoms with Gasteiger partial charge in [0.25, 0.3) is 11.3 Å². The van der Waals surface area contributed by atoms with Crippen LogP contribution in [-0.4, -0.2) is 21.8 Å². The van der Waals surface area contributed by atoms with Crippen LogP contribution in [0.3, 0.4) is 0 Å². The van der Waals surface area contributed by atoms with Crippen LogP contribution in [0, 0.1) is 0 Å². The fourth-order valence-electron chi connectivity index (χ4n) is 2.69. The third-order valence-corrected chi connectivity index (χ3v) is 5.01. The third kappa shape index (κ3) is 5.14. The van der Waals surface area contributed by atoms with E-state index >= 15 is 0 Å². The van der Waals surface area contributed by atoms with E-state index in [2.05, 4.69) is 0 Å². The van der Waals surface area contributed by atoms with Crippen molar-refractivity contribution in [2.45, 2.75) is 6.61 Å². The Bertz CT molecular complexity index is 1010. The van der Waals surface area contributed by atoms with Crippen LogP contribution < -0.4 is 9.04 Å². The Kier molecular flexibility index (Phi) is 6.87. The summed E-state index contributed by atoms with van der Waals surface area (Å²) in [5.74, 6) is -0.0458. The molecule has 0 saturated carbocycles. The number of anilines is 2. The molecule has 8 heteroatoms. The topological polar surface area (TPSA) is 76.1 Å². The van der Waals surface area contributed by atoms with Gasteiger partial charge in [-0.3, -0.25) is 4.55 Å². The molecule has 0 bridgehead atoms. The van der Waals surface area contributed by atoms with Crippen LogP contribution in [-0.2, 0) is 22.6 Å². The highest BCUT2D eigenvalue weighted by Gasteiger charge is 2.23. The minimum absolute atomic E-state index is 0.115. The molecule has 0 aliphatic carbocycles. The predicted molar refractivity (Wildman–Crippen MR) is 113 cm³/mol. The average Bonchev–Trinajstić information content (AvgIpc) is 2.73. The molecule has 0 saturated heterocycles. The Hall–Kier alpha value is -2.87. The number of ether oxygens (including phenoxy) is 2. The molecule has 0 aliphatic heterocycles. The quantitative estimate of drug-likeness (QED) is 0.421. The molecular formula is C21H18ClNO5S. The van der Waals surface area contributed by atoms with E-state index in [1.807, 2.05) is 30.3 Å². The van der Waals surface area contributed by atoms with Crippen LogP contribution >= 0.6 is 11.6 Å². The van der Waals surface area contributed by atoms with Crippen molar-refractivity contribution in [3.63, 3.8) is 0 Å². The molecule has 29 heavy (non-hydrogen) atoms. The molecule has 3 aromatic carbocycles. The highest BCUT2D eigenvalue weighted by atomic mass is 35.5. The van der Waals surface area contributed by atoms with E-state index in [0.29, 0.717) is 23.1 Å². The second kappa shape index (κ2) is 9.56. The van der Waals surface area contributed by atoms with Crippen molar-refractivity contribution in [2.75, 3.05) is 11.4 Å². The minimum Gasteiger partial charge on any atom is -0.489 e. The van der Waals surface area contributed by atoms with Crippen molar-refractivity contribution in [1.29, 1.82) is 0 Å². The number of carbonyl (C=O) groups excluding carboxylic acids is 1. The molecule has 0 aliphatic rings. The number of hydrogen-bond acceptors (Lipinski definition) is 4. The summed E-state index contributed by atoms with van der Waals surface area (Å²) in [6.45, 7) is 0.399. The maximum absolute atomic E-state index is 12.1. The first-order valence-corrected chi connectivity index (χ1v) is 9.99. The van der Waals surface area contributed by atoms with Gasteiger partial charge < -0.3 is 9.47 Å². The van der Waals surface area contributed by atoms with Gasteiger partial charge in [-0.15, -0.1) is 0 Å². The van der Waals surface area contributed by atoms with Crippen LogP contribution in [0.1, 0.15) is 15.9 Å². The molecule has 0 radical (unpaired) electrons. The van der Waals surface area contributed by atoms with Crippen molar-refractivity contribution >= 4 is 40.2 Å².